The molecule has 0 radical (unpaired) electrons. The van der Waals surface area contributed by atoms with E-state index < -0.39 is 0 Å². The monoisotopic (exact) mass is 284 g/mol. The number of methoxy groups -OCH3 is 1. The fraction of sp³-hybridized carbons (Fsp3) is 0.500. The SMILES string of the molecule is CCCN(CCOC)C(=O)Nc1c(C)cccc1Cl. The highest BCUT2D eigenvalue weighted by molar-refractivity contribution is 6.33. The molecule has 0 spiro atoms. The van der Waals surface area contributed by atoms with Gasteiger partial charge in [-0.05, 0) is 25.0 Å². The molecular formula is C14H21ClN2O2. The van der Waals surface area contributed by atoms with E-state index in [1.807, 2.05) is 26.0 Å². The third-order valence-corrected chi connectivity index (χ3v) is 3.11. The van der Waals surface area contributed by atoms with E-state index in [2.05, 4.69) is 5.32 Å². The molecule has 106 valence electrons. The number of amides is 2. The maximum absolute atomic E-state index is 12.2. The number of rotatable bonds is 6. The summed E-state index contributed by atoms with van der Waals surface area (Å²) in [5, 5.41) is 3.42. The van der Waals surface area contributed by atoms with Crippen molar-refractivity contribution in [3.8, 4) is 0 Å². The van der Waals surface area contributed by atoms with Crippen molar-refractivity contribution in [2.75, 3.05) is 32.1 Å². The van der Waals surface area contributed by atoms with Gasteiger partial charge in [0.25, 0.3) is 0 Å². The van der Waals surface area contributed by atoms with Gasteiger partial charge in [-0.15, -0.1) is 0 Å². The Bertz CT molecular complexity index is 404. The fourth-order valence-electron chi connectivity index (χ4n) is 1.76. The fourth-order valence-corrected chi connectivity index (χ4v) is 2.03. The first-order chi connectivity index (χ1) is 9.10. The molecule has 4 nitrogen and oxygen atoms in total. The molecule has 0 aliphatic carbocycles. The normalized spacial score (nSPS) is 10.3. The standard InChI is InChI=1S/C14H21ClN2O2/c1-4-8-17(9-10-19-3)14(18)16-13-11(2)6-5-7-12(13)15/h5-7H,4,8-10H2,1-3H3,(H,16,18). The number of anilines is 1. The topological polar surface area (TPSA) is 41.6 Å². The number of para-hydroxylation sites is 1. The van der Waals surface area contributed by atoms with Crippen LogP contribution in [0.1, 0.15) is 18.9 Å². The summed E-state index contributed by atoms with van der Waals surface area (Å²) in [4.78, 5) is 13.9. The molecule has 0 bridgehead atoms. The van der Waals surface area contributed by atoms with Crippen molar-refractivity contribution in [3.63, 3.8) is 0 Å². The minimum atomic E-state index is -0.143. The van der Waals surface area contributed by atoms with Crippen molar-refractivity contribution in [1.29, 1.82) is 0 Å². The summed E-state index contributed by atoms with van der Waals surface area (Å²) >= 11 is 6.10. The molecule has 0 saturated carbocycles. The second kappa shape index (κ2) is 8.02. The van der Waals surface area contributed by atoms with Gasteiger partial charge in [0.2, 0.25) is 0 Å². The largest absolute Gasteiger partial charge is 0.383 e. The predicted molar refractivity (Wildman–Crippen MR) is 78.9 cm³/mol. The molecule has 1 aromatic rings. The average molecular weight is 285 g/mol. The Hall–Kier alpha value is -1.26. The summed E-state index contributed by atoms with van der Waals surface area (Å²) in [7, 11) is 1.63. The minimum absolute atomic E-state index is 0.143. The highest BCUT2D eigenvalue weighted by Gasteiger charge is 2.14. The van der Waals surface area contributed by atoms with Gasteiger partial charge in [0.15, 0.2) is 0 Å². The highest BCUT2D eigenvalue weighted by atomic mass is 35.5. The van der Waals surface area contributed by atoms with Crippen molar-refractivity contribution in [1.82, 2.24) is 4.90 Å². The number of ether oxygens (including phenoxy) is 1. The van der Waals surface area contributed by atoms with Gasteiger partial charge in [-0.25, -0.2) is 4.79 Å². The van der Waals surface area contributed by atoms with Crippen LogP contribution in [-0.2, 0) is 4.74 Å². The van der Waals surface area contributed by atoms with Crippen LogP contribution in [0.2, 0.25) is 5.02 Å². The summed E-state index contributed by atoms with van der Waals surface area (Å²) in [6.07, 6.45) is 0.901. The molecule has 0 aliphatic heterocycles. The molecule has 5 heteroatoms. The number of hydrogen-bond acceptors (Lipinski definition) is 2. The quantitative estimate of drug-likeness (QED) is 0.868. The van der Waals surface area contributed by atoms with E-state index in [4.69, 9.17) is 16.3 Å². The number of nitrogens with one attached hydrogen (secondary N) is 1. The lowest BCUT2D eigenvalue weighted by molar-refractivity contribution is 0.155. The second-order valence-corrected chi connectivity index (χ2v) is 4.75. The van der Waals surface area contributed by atoms with Crippen LogP contribution in [0, 0.1) is 6.92 Å². The summed E-state index contributed by atoms with van der Waals surface area (Å²) in [5.74, 6) is 0. The molecular weight excluding hydrogens is 264 g/mol. The molecule has 2 amide bonds. The zero-order valence-electron chi connectivity index (χ0n) is 11.7. The van der Waals surface area contributed by atoms with E-state index in [0.29, 0.717) is 30.4 Å². The van der Waals surface area contributed by atoms with Crippen LogP contribution >= 0.6 is 11.6 Å². The molecule has 0 atom stereocenters. The number of carbonyl (C=O) groups is 1. The van der Waals surface area contributed by atoms with Gasteiger partial charge in [0.05, 0.1) is 17.3 Å². The molecule has 0 saturated heterocycles. The zero-order chi connectivity index (χ0) is 14.3. The van der Waals surface area contributed by atoms with Crippen LogP contribution in [0.25, 0.3) is 0 Å². The molecule has 19 heavy (non-hydrogen) atoms. The van der Waals surface area contributed by atoms with E-state index in [-0.39, 0.29) is 6.03 Å². The first-order valence-electron chi connectivity index (χ1n) is 6.40. The summed E-state index contributed by atoms with van der Waals surface area (Å²) < 4.78 is 5.02. The number of hydrogen-bond donors (Lipinski definition) is 1. The van der Waals surface area contributed by atoms with Crippen LogP contribution in [-0.4, -0.2) is 37.7 Å². The van der Waals surface area contributed by atoms with Gasteiger partial charge >= 0.3 is 6.03 Å². The van der Waals surface area contributed by atoms with Crippen LogP contribution < -0.4 is 5.32 Å². The van der Waals surface area contributed by atoms with Crippen LogP contribution in [0.4, 0.5) is 10.5 Å². The van der Waals surface area contributed by atoms with E-state index in [1.165, 1.54) is 0 Å². The maximum atomic E-state index is 12.2. The Morgan fingerprint density at radius 3 is 2.74 bits per heavy atom. The number of nitrogens with zero attached hydrogens (tertiary/aromatic N) is 1. The molecule has 0 unspecified atom stereocenters. The minimum Gasteiger partial charge on any atom is -0.383 e. The van der Waals surface area contributed by atoms with Gasteiger partial charge < -0.3 is 15.0 Å². The average Bonchev–Trinajstić information content (AvgIpc) is 2.38. The first kappa shape index (κ1) is 15.8. The molecule has 0 aliphatic rings. The number of urea groups is 1. The maximum Gasteiger partial charge on any atom is 0.321 e. The lowest BCUT2D eigenvalue weighted by Gasteiger charge is -2.23. The first-order valence-corrected chi connectivity index (χ1v) is 6.78. The number of carbonyl (C=O) groups excluding carboxylic acids is 1. The van der Waals surface area contributed by atoms with Gasteiger partial charge in [-0.2, -0.15) is 0 Å². The highest BCUT2D eigenvalue weighted by Crippen LogP contribution is 2.25. The lowest BCUT2D eigenvalue weighted by atomic mass is 10.2. The van der Waals surface area contributed by atoms with Crippen molar-refractivity contribution in [2.45, 2.75) is 20.3 Å². The van der Waals surface area contributed by atoms with E-state index in [1.54, 1.807) is 18.1 Å². The summed E-state index contributed by atoms with van der Waals surface area (Å²) in [6.45, 7) is 5.74. The number of halogens is 1. The van der Waals surface area contributed by atoms with Gasteiger partial charge in [-0.1, -0.05) is 30.7 Å². The Kier molecular flexibility index (Phi) is 6.67. The summed E-state index contributed by atoms with van der Waals surface area (Å²) in [6, 6.07) is 5.40. The zero-order valence-corrected chi connectivity index (χ0v) is 12.5. The lowest BCUT2D eigenvalue weighted by Crippen LogP contribution is -2.38. The molecule has 0 aromatic heterocycles. The smallest absolute Gasteiger partial charge is 0.321 e. The van der Waals surface area contributed by atoms with Gasteiger partial charge in [0.1, 0.15) is 0 Å². The number of aryl methyl sites for hydroxylation is 1. The molecule has 1 aromatic carbocycles. The van der Waals surface area contributed by atoms with Gasteiger partial charge in [0, 0.05) is 20.2 Å². The van der Waals surface area contributed by atoms with E-state index in [0.717, 1.165) is 12.0 Å². The van der Waals surface area contributed by atoms with Crippen molar-refractivity contribution >= 4 is 23.3 Å². The Labute approximate surface area is 119 Å². The van der Waals surface area contributed by atoms with Crippen molar-refractivity contribution < 1.29 is 9.53 Å². The van der Waals surface area contributed by atoms with Crippen molar-refractivity contribution in [3.05, 3.63) is 28.8 Å². The second-order valence-electron chi connectivity index (χ2n) is 4.34. The predicted octanol–water partition coefficient (Wildman–Crippen LogP) is 3.54. The molecule has 1 N–H and O–H groups in total. The number of benzene rings is 1. The third-order valence-electron chi connectivity index (χ3n) is 2.80. The molecule has 0 fully saturated rings. The summed E-state index contributed by atoms with van der Waals surface area (Å²) in [5.41, 5.74) is 1.62. The molecule has 0 heterocycles. The Balaban J connectivity index is 2.75. The Morgan fingerprint density at radius 1 is 1.42 bits per heavy atom. The van der Waals surface area contributed by atoms with Crippen LogP contribution in [0.15, 0.2) is 18.2 Å². The van der Waals surface area contributed by atoms with Crippen molar-refractivity contribution in [2.24, 2.45) is 0 Å². The van der Waals surface area contributed by atoms with Crippen LogP contribution in [0.5, 0.6) is 0 Å². The van der Waals surface area contributed by atoms with E-state index >= 15 is 0 Å². The van der Waals surface area contributed by atoms with E-state index in [9.17, 15) is 4.79 Å². The Morgan fingerprint density at radius 2 is 2.16 bits per heavy atom. The van der Waals surface area contributed by atoms with Crippen LogP contribution in [0.3, 0.4) is 0 Å². The third kappa shape index (κ3) is 4.73. The molecule has 1 rings (SSSR count). The van der Waals surface area contributed by atoms with Gasteiger partial charge in [-0.3, -0.25) is 0 Å².